The SMILES string of the molecule is C[C@@H]1CCCC[C@@H]1Oc1ccc2[nH]ncc2c1. The molecule has 1 aromatic heterocycles. The van der Waals surface area contributed by atoms with Crippen molar-refractivity contribution in [2.24, 2.45) is 5.92 Å². The molecule has 0 amide bonds. The highest BCUT2D eigenvalue weighted by molar-refractivity contribution is 5.79. The fraction of sp³-hybridized carbons (Fsp3) is 0.500. The van der Waals surface area contributed by atoms with E-state index in [4.69, 9.17) is 4.74 Å². The first-order valence-corrected chi connectivity index (χ1v) is 6.43. The van der Waals surface area contributed by atoms with E-state index in [2.05, 4.69) is 23.2 Å². The maximum atomic E-state index is 6.10. The second-order valence-electron chi connectivity index (χ2n) is 5.04. The van der Waals surface area contributed by atoms with Crippen molar-refractivity contribution in [2.75, 3.05) is 0 Å². The van der Waals surface area contributed by atoms with E-state index < -0.39 is 0 Å². The highest BCUT2D eigenvalue weighted by Gasteiger charge is 2.22. The Morgan fingerprint density at radius 2 is 2.18 bits per heavy atom. The van der Waals surface area contributed by atoms with Crippen LogP contribution < -0.4 is 4.74 Å². The normalized spacial score (nSPS) is 25.0. The Kier molecular flexibility index (Phi) is 2.75. The molecule has 0 unspecified atom stereocenters. The first-order chi connectivity index (χ1) is 8.33. The van der Waals surface area contributed by atoms with E-state index in [9.17, 15) is 0 Å². The Balaban J connectivity index is 1.79. The molecule has 1 heterocycles. The van der Waals surface area contributed by atoms with Crippen LogP contribution in [0.3, 0.4) is 0 Å². The van der Waals surface area contributed by atoms with Crippen LogP contribution in [0.25, 0.3) is 10.9 Å². The van der Waals surface area contributed by atoms with Crippen molar-refractivity contribution < 1.29 is 4.74 Å². The Bertz CT molecular complexity index is 506. The second-order valence-corrected chi connectivity index (χ2v) is 5.04. The number of benzene rings is 1. The van der Waals surface area contributed by atoms with Crippen molar-refractivity contribution in [2.45, 2.75) is 38.7 Å². The zero-order valence-electron chi connectivity index (χ0n) is 10.1. The summed E-state index contributed by atoms with van der Waals surface area (Å²) in [7, 11) is 0. The summed E-state index contributed by atoms with van der Waals surface area (Å²) in [6, 6.07) is 6.13. The van der Waals surface area contributed by atoms with Gasteiger partial charge in [-0.1, -0.05) is 13.3 Å². The Morgan fingerprint density at radius 3 is 3.06 bits per heavy atom. The van der Waals surface area contributed by atoms with Crippen molar-refractivity contribution in [3.05, 3.63) is 24.4 Å². The lowest BCUT2D eigenvalue weighted by Crippen LogP contribution is -2.28. The highest BCUT2D eigenvalue weighted by atomic mass is 16.5. The zero-order chi connectivity index (χ0) is 11.7. The van der Waals surface area contributed by atoms with Gasteiger partial charge in [0.15, 0.2) is 0 Å². The number of fused-ring (bicyclic) bond motifs is 1. The molecule has 17 heavy (non-hydrogen) atoms. The van der Waals surface area contributed by atoms with Gasteiger partial charge in [-0.25, -0.2) is 0 Å². The van der Waals surface area contributed by atoms with Gasteiger partial charge in [0.05, 0.1) is 11.7 Å². The lowest BCUT2D eigenvalue weighted by atomic mass is 9.88. The standard InChI is InChI=1S/C14H18N2O/c1-10-4-2-3-5-14(10)17-12-6-7-13-11(8-12)9-15-16-13/h6-10,14H,2-5H2,1H3,(H,15,16)/t10-,14+/m1/s1. The van der Waals surface area contributed by atoms with Gasteiger partial charge in [-0.05, 0) is 43.4 Å². The molecule has 1 fully saturated rings. The van der Waals surface area contributed by atoms with Crippen LogP contribution in [0.4, 0.5) is 0 Å². The van der Waals surface area contributed by atoms with Gasteiger partial charge in [0.1, 0.15) is 11.9 Å². The lowest BCUT2D eigenvalue weighted by Gasteiger charge is -2.29. The molecule has 2 aromatic rings. The Hall–Kier alpha value is -1.51. The number of aromatic nitrogens is 2. The van der Waals surface area contributed by atoms with E-state index >= 15 is 0 Å². The van der Waals surface area contributed by atoms with Gasteiger partial charge < -0.3 is 4.74 Å². The summed E-state index contributed by atoms with van der Waals surface area (Å²) in [5, 5.41) is 8.09. The molecule has 3 nitrogen and oxygen atoms in total. The fourth-order valence-electron chi connectivity index (χ4n) is 2.63. The number of nitrogens with zero attached hydrogens (tertiary/aromatic N) is 1. The van der Waals surface area contributed by atoms with Gasteiger partial charge >= 0.3 is 0 Å². The number of hydrogen-bond acceptors (Lipinski definition) is 2. The molecule has 1 aliphatic rings. The number of aromatic amines is 1. The molecule has 0 saturated heterocycles. The third-order valence-electron chi connectivity index (χ3n) is 3.73. The molecule has 0 bridgehead atoms. The molecule has 0 radical (unpaired) electrons. The molecule has 3 rings (SSSR count). The Morgan fingerprint density at radius 1 is 1.29 bits per heavy atom. The van der Waals surface area contributed by atoms with Gasteiger partial charge in [-0.3, -0.25) is 5.10 Å². The predicted octanol–water partition coefficient (Wildman–Crippen LogP) is 3.52. The van der Waals surface area contributed by atoms with Gasteiger partial charge in [-0.2, -0.15) is 5.10 Å². The molecule has 1 aromatic carbocycles. The smallest absolute Gasteiger partial charge is 0.120 e. The van der Waals surface area contributed by atoms with Crippen LogP contribution in [0.1, 0.15) is 32.6 Å². The van der Waals surface area contributed by atoms with E-state index in [0.717, 1.165) is 16.7 Å². The van der Waals surface area contributed by atoms with Crippen LogP contribution in [0, 0.1) is 5.92 Å². The molecule has 1 aliphatic carbocycles. The molecule has 3 heteroatoms. The van der Waals surface area contributed by atoms with E-state index in [-0.39, 0.29) is 0 Å². The van der Waals surface area contributed by atoms with Crippen molar-refractivity contribution >= 4 is 10.9 Å². The third kappa shape index (κ3) is 2.14. The number of rotatable bonds is 2. The van der Waals surface area contributed by atoms with Crippen LogP contribution >= 0.6 is 0 Å². The van der Waals surface area contributed by atoms with Gasteiger partial charge in [0.25, 0.3) is 0 Å². The summed E-state index contributed by atoms with van der Waals surface area (Å²) in [5.41, 5.74) is 1.06. The molecular weight excluding hydrogens is 212 g/mol. The quantitative estimate of drug-likeness (QED) is 0.857. The van der Waals surface area contributed by atoms with Crippen LogP contribution in [-0.2, 0) is 0 Å². The number of hydrogen-bond donors (Lipinski definition) is 1. The van der Waals surface area contributed by atoms with E-state index in [1.165, 1.54) is 25.7 Å². The van der Waals surface area contributed by atoms with Crippen LogP contribution in [0.5, 0.6) is 5.75 Å². The maximum Gasteiger partial charge on any atom is 0.120 e. The minimum atomic E-state index is 0.383. The van der Waals surface area contributed by atoms with E-state index in [0.29, 0.717) is 12.0 Å². The first kappa shape index (κ1) is 10.6. The minimum Gasteiger partial charge on any atom is -0.490 e. The van der Waals surface area contributed by atoms with Crippen molar-refractivity contribution in [3.8, 4) is 5.75 Å². The van der Waals surface area contributed by atoms with E-state index in [1.807, 2.05) is 18.3 Å². The topological polar surface area (TPSA) is 37.9 Å². The maximum absolute atomic E-state index is 6.10. The number of H-pyrrole nitrogens is 1. The first-order valence-electron chi connectivity index (χ1n) is 6.43. The molecule has 0 aliphatic heterocycles. The largest absolute Gasteiger partial charge is 0.490 e. The summed E-state index contributed by atoms with van der Waals surface area (Å²) >= 11 is 0. The number of nitrogens with one attached hydrogen (secondary N) is 1. The minimum absolute atomic E-state index is 0.383. The zero-order valence-corrected chi connectivity index (χ0v) is 10.1. The molecule has 90 valence electrons. The van der Waals surface area contributed by atoms with Crippen molar-refractivity contribution in [1.29, 1.82) is 0 Å². The Labute approximate surface area is 101 Å². The summed E-state index contributed by atoms with van der Waals surface area (Å²) in [5.74, 6) is 1.64. The highest BCUT2D eigenvalue weighted by Crippen LogP contribution is 2.29. The van der Waals surface area contributed by atoms with Crippen LogP contribution in [-0.4, -0.2) is 16.3 Å². The summed E-state index contributed by atoms with van der Waals surface area (Å²) in [6.07, 6.45) is 7.34. The summed E-state index contributed by atoms with van der Waals surface area (Å²) in [4.78, 5) is 0. The van der Waals surface area contributed by atoms with Gasteiger partial charge in [0, 0.05) is 5.39 Å². The van der Waals surface area contributed by atoms with Gasteiger partial charge in [0.2, 0.25) is 0 Å². The molecular formula is C14H18N2O. The second kappa shape index (κ2) is 4.40. The fourth-order valence-corrected chi connectivity index (χ4v) is 2.63. The molecule has 1 N–H and O–H groups in total. The van der Waals surface area contributed by atoms with Crippen LogP contribution in [0.2, 0.25) is 0 Å². The average molecular weight is 230 g/mol. The molecule has 0 spiro atoms. The van der Waals surface area contributed by atoms with Gasteiger partial charge in [-0.15, -0.1) is 0 Å². The summed E-state index contributed by atoms with van der Waals surface area (Å²) < 4.78 is 6.10. The van der Waals surface area contributed by atoms with Crippen LogP contribution in [0.15, 0.2) is 24.4 Å². The predicted molar refractivity (Wildman–Crippen MR) is 68.1 cm³/mol. The number of ether oxygens (including phenoxy) is 1. The third-order valence-corrected chi connectivity index (χ3v) is 3.73. The van der Waals surface area contributed by atoms with E-state index in [1.54, 1.807) is 0 Å². The van der Waals surface area contributed by atoms with Crippen molar-refractivity contribution in [1.82, 2.24) is 10.2 Å². The molecule has 1 saturated carbocycles. The van der Waals surface area contributed by atoms with Crippen molar-refractivity contribution in [3.63, 3.8) is 0 Å². The monoisotopic (exact) mass is 230 g/mol. The lowest BCUT2D eigenvalue weighted by molar-refractivity contribution is 0.103. The molecule has 2 atom stereocenters. The average Bonchev–Trinajstić information content (AvgIpc) is 2.79. The summed E-state index contributed by atoms with van der Waals surface area (Å²) in [6.45, 7) is 2.29.